The van der Waals surface area contributed by atoms with Crippen molar-refractivity contribution in [1.29, 1.82) is 0 Å². The Labute approximate surface area is 140 Å². The molecule has 0 saturated carbocycles. The second kappa shape index (κ2) is 7.42. The molecule has 0 atom stereocenters. The molecule has 0 spiro atoms. The SMILES string of the molecule is Cc1ccc(C(=O)OCC(=O)Nc2c(C)cccc2C(C)C)s1. The second-order valence-corrected chi connectivity index (χ2v) is 7.02. The normalized spacial score (nSPS) is 10.7. The van der Waals surface area contributed by atoms with E-state index in [4.69, 9.17) is 4.74 Å². The van der Waals surface area contributed by atoms with Crippen molar-refractivity contribution in [3.63, 3.8) is 0 Å². The van der Waals surface area contributed by atoms with E-state index in [0.717, 1.165) is 21.7 Å². The van der Waals surface area contributed by atoms with Gasteiger partial charge in [-0.3, -0.25) is 4.79 Å². The molecule has 0 aliphatic heterocycles. The number of carbonyl (C=O) groups excluding carboxylic acids is 2. The van der Waals surface area contributed by atoms with E-state index < -0.39 is 5.97 Å². The fraction of sp³-hybridized carbons (Fsp3) is 0.333. The zero-order chi connectivity index (χ0) is 17.0. The maximum atomic E-state index is 12.1. The number of benzene rings is 1. The van der Waals surface area contributed by atoms with Crippen LogP contribution in [0, 0.1) is 13.8 Å². The van der Waals surface area contributed by atoms with Crippen LogP contribution >= 0.6 is 11.3 Å². The first-order chi connectivity index (χ1) is 10.9. The van der Waals surface area contributed by atoms with Gasteiger partial charge in [-0.1, -0.05) is 32.0 Å². The Morgan fingerprint density at radius 2 is 1.91 bits per heavy atom. The molecule has 4 nitrogen and oxygen atoms in total. The van der Waals surface area contributed by atoms with Gasteiger partial charge in [0, 0.05) is 10.6 Å². The first kappa shape index (κ1) is 17.2. The first-order valence-electron chi connectivity index (χ1n) is 7.51. The summed E-state index contributed by atoms with van der Waals surface area (Å²) in [7, 11) is 0. The van der Waals surface area contributed by atoms with Crippen LogP contribution in [0.3, 0.4) is 0 Å². The molecule has 1 N–H and O–H groups in total. The monoisotopic (exact) mass is 331 g/mol. The van der Waals surface area contributed by atoms with Crippen LogP contribution in [-0.2, 0) is 9.53 Å². The van der Waals surface area contributed by atoms with E-state index in [2.05, 4.69) is 19.2 Å². The van der Waals surface area contributed by atoms with Crippen LogP contribution < -0.4 is 5.32 Å². The lowest BCUT2D eigenvalue weighted by molar-refractivity contribution is -0.119. The van der Waals surface area contributed by atoms with Crippen molar-refractivity contribution in [2.24, 2.45) is 0 Å². The van der Waals surface area contributed by atoms with Crippen molar-refractivity contribution in [3.8, 4) is 0 Å². The molecule has 1 aromatic carbocycles. The van der Waals surface area contributed by atoms with Gasteiger partial charge in [0.05, 0.1) is 0 Å². The summed E-state index contributed by atoms with van der Waals surface area (Å²) in [6.45, 7) is 7.72. The standard InChI is InChI=1S/C18H21NO3S/c1-11(2)14-7-5-6-12(3)17(14)19-16(20)10-22-18(21)15-9-8-13(4)23-15/h5-9,11H,10H2,1-4H3,(H,19,20). The van der Waals surface area contributed by atoms with E-state index in [1.165, 1.54) is 11.3 Å². The third-order valence-corrected chi connectivity index (χ3v) is 4.45. The minimum Gasteiger partial charge on any atom is -0.451 e. The summed E-state index contributed by atoms with van der Waals surface area (Å²) >= 11 is 1.35. The smallest absolute Gasteiger partial charge is 0.348 e. The van der Waals surface area contributed by atoms with Gasteiger partial charge in [0.25, 0.3) is 5.91 Å². The highest BCUT2D eigenvalue weighted by Crippen LogP contribution is 2.27. The molecule has 0 aliphatic rings. The molecular weight excluding hydrogens is 310 g/mol. The van der Waals surface area contributed by atoms with Crippen molar-refractivity contribution in [2.45, 2.75) is 33.6 Å². The number of carbonyl (C=O) groups is 2. The fourth-order valence-corrected chi connectivity index (χ4v) is 3.03. The van der Waals surface area contributed by atoms with E-state index in [0.29, 0.717) is 10.8 Å². The molecule has 1 aromatic heterocycles. The molecule has 0 aliphatic carbocycles. The third-order valence-electron chi connectivity index (χ3n) is 3.47. The molecule has 0 saturated heterocycles. The zero-order valence-corrected chi connectivity index (χ0v) is 14.6. The topological polar surface area (TPSA) is 55.4 Å². The minimum atomic E-state index is -0.466. The lowest BCUT2D eigenvalue weighted by Crippen LogP contribution is -2.22. The number of thiophene rings is 1. The minimum absolute atomic E-state index is 0.290. The maximum absolute atomic E-state index is 12.1. The van der Waals surface area contributed by atoms with E-state index in [-0.39, 0.29) is 12.5 Å². The number of aryl methyl sites for hydroxylation is 2. The molecule has 23 heavy (non-hydrogen) atoms. The summed E-state index contributed by atoms with van der Waals surface area (Å²) in [6, 6.07) is 9.47. The van der Waals surface area contributed by atoms with E-state index in [1.54, 1.807) is 6.07 Å². The van der Waals surface area contributed by atoms with Crippen LogP contribution in [0.4, 0.5) is 5.69 Å². The molecule has 0 radical (unpaired) electrons. The Balaban J connectivity index is 1.99. The fourth-order valence-electron chi connectivity index (χ4n) is 2.26. The molecule has 0 fully saturated rings. The predicted octanol–water partition coefficient (Wildman–Crippen LogP) is 4.28. The van der Waals surface area contributed by atoms with Gasteiger partial charge in [-0.25, -0.2) is 4.79 Å². The average Bonchev–Trinajstić information content (AvgIpc) is 2.93. The van der Waals surface area contributed by atoms with Gasteiger partial charge in [-0.05, 0) is 43.0 Å². The molecule has 5 heteroatoms. The predicted molar refractivity (Wildman–Crippen MR) is 93.2 cm³/mol. The van der Waals surface area contributed by atoms with Gasteiger partial charge in [-0.15, -0.1) is 11.3 Å². The number of para-hydroxylation sites is 1. The highest BCUT2D eigenvalue weighted by atomic mass is 32.1. The van der Waals surface area contributed by atoms with E-state index in [1.807, 2.05) is 38.1 Å². The highest BCUT2D eigenvalue weighted by Gasteiger charge is 2.15. The number of ether oxygens (including phenoxy) is 1. The Kier molecular flexibility index (Phi) is 5.55. The van der Waals surface area contributed by atoms with Crippen LogP contribution in [0.1, 0.15) is 45.4 Å². The molecule has 0 bridgehead atoms. The Morgan fingerprint density at radius 3 is 2.52 bits per heavy atom. The zero-order valence-electron chi connectivity index (χ0n) is 13.8. The highest BCUT2D eigenvalue weighted by molar-refractivity contribution is 7.13. The number of nitrogens with one attached hydrogen (secondary N) is 1. The van der Waals surface area contributed by atoms with E-state index >= 15 is 0 Å². The second-order valence-electron chi connectivity index (χ2n) is 5.73. The van der Waals surface area contributed by atoms with Gasteiger partial charge < -0.3 is 10.1 Å². The molecular formula is C18H21NO3S. The number of esters is 1. The number of amides is 1. The van der Waals surface area contributed by atoms with Crippen LogP contribution in [0.2, 0.25) is 0 Å². The summed E-state index contributed by atoms with van der Waals surface area (Å²) in [5.41, 5.74) is 2.86. The molecule has 1 heterocycles. The quantitative estimate of drug-likeness (QED) is 0.832. The number of hydrogen-bond donors (Lipinski definition) is 1. The van der Waals surface area contributed by atoms with Crippen molar-refractivity contribution < 1.29 is 14.3 Å². The summed E-state index contributed by atoms with van der Waals surface area (Å²) in [5.74, 6) is -0.503. The summed E-state index contributed by atoms with van der Waals surface area (Å²) in [6.07, 6.45) is 0. The van der Waals surface area contributed by atoms with Crippen molar-refractivity contribution in [1.82, 2.24) is 0 Å². The molecule has 0 unspecified atom stereocenters. The maximum Gasteiger partial charge on any atom is 0.348 e. The number of rotatable bonds is 5. The lowest BCUT2D eigenvalue weighted by Gasteiger charge is -2.16. The van der Waals surface area contributed by atoms with Gasteiger partial charge in [-0.2, -0.15) is 0 Å². The Hall–Kier alpha value is -2.14. The van der Waals surface area contributed by atoms with Gasteiger partial charge >= 0.3 is 5.97 Å². The summed E-state index contributed by atoms with van der Waals surface area (Å²) < 4.78 is 5.08. The largest absolute Gasteiger partial charge is 0.451 e. The molecule has 2 aromatic rings. The third kappa shape index (κ3) is 4.42. The molecule has 2 rings (SSSR count). The number of hydrogen-bond acceptors (Lipinski definition) is 4. The molecule has 1 amide bonds. The first-order valence-corrected chi connectivity index (χ1v) is 8.33. The van der Waals surface area contributed by atoms with Crippen LogP contribution in [0.25, 0.3) is 0 Å². The van der Waals surface area contributed by atoms with E-state index in [9.17, 15) is 9.59 Å². The summed E-state index contributed by atoms with van der Waals surface area (Å²) in [5, 5.41) is 2.86. The van der Waals surface area contributed by atoms with Gasteiger partial charge in [0.15, 0.2) is 6.61 Å². The van der Waals surface area contributed by atoms with Crippen molar-refractivity contribution >= 4 is 28.9 Å². The van der Waals surface area contributed by atoms with Crippen LogP contribution in [-0.4, -0.2) is 18.5 Å². The number of anilines is 1. The summed E-state index contributed by atoms with van der Waals surface area (Å²) in [4.78, 5) is 25.5. The van der Waals surface area contributed by atoms with Crippen LogP contribution in [0.5, 0.6) is 0 Å². The lowest BCUT2D eigenvalue weighted by atomic mass is 9.98. The Morgan fingerprint density at radius 1 is 1.17 bits per heavy atom. The Bertz CT molecular complexity index is 719. The van der Waals surface area contributed by atoms with Gasteiger partial charge in [0.1, 0.15) is 4.88 Å². The molecule has 122 valence electrons. The average molecular weight is 331 g/mol. The van der Waals surface area contributed by atoms with Crippen molar-refractivity contribution in [3.05, 3.63) is 51.2 Å². The van der Waals surface area contributed by atoms with Crippen LogP contribution in [0.15, 0.2) is 30.3 Å². The van der Waals surface area contributed by atoms with Gasteiger partial charge in [0.2, 0.25) is 0 Å². The van der Waals surface area contributed by atoms with Crippen molar-refractivity contribution in [2.75, 3.05) is 11.9 Å².